The Bertz CT molecular complexity index is 903. The van der Waals surface area contributed by atoms with E-state index in [4.69, 9.17) is 0 Å². The second-order valence-electron chi connectivity index (χ2n) is 6.34. The summed E-state index contributed by atoms with van der Waals surface area (Å²) >= 11 is 2.99. The number of nitrogens with one attached hydrogen (secondary N) is 2. The molecule has 2 N–H and O–H groups in total. The molecule has 0 fully saturated rings. The summed E-state index contributed by atoms with van der Waals surface area (Å²) in [6.45, 7) is 2.66. The van der Waals surface area contributed by atoms with Gasteiger partial charge in [-0.1, -0.05) is 30.7 Å². The molecule has 0 unspecified atom stereocenters. The number of rotatable bonds is 9. The summed E-state index contributed by atoms with van der Waals surface area (Å²) in [7, 11) is 0. The van der Waals surface area contributed by atoms with Crippen LogP contribution >= 0.6 is 22.7 Å². The number of thiophene rings is 1. The van der Waals surface area contributed by atoms with Crippen molar-refractivity contribution in [3.8, 4) is 0 Å². The van der Waals surface area contributed by atoms with Crippen molar-refractivity contribution in [2.45, 2.75) is 39.0 Å². The maximum atomic E-state index is 12.1. The zero-order chi connectivity index (χ0) is 19.1. The summed E-state index contributed by atoms with van der Waals surface area (Å²) in [5.74, 6) is -0.174. The Morgan fingerprint density at radius 2 is 2.07 bits per heavy atom. The summed E-state index contributed by atoms with van der Waals surface area (Å²) in [6, 6.07) is 8.08. The van der Waals surface area contributed by atoms with E-state index in [0.717, 1.165) is 16.6 Å². The first-order chi connectivity index (χ1) is 13.2. The van der Waals surface area contributed by atoms with Gasteiger partial charge in [0.1, 0.15) is 0 Å². The molecule has 27 heavy (non-hydrogen) atoms. The van der Waals surface area contributed by atoms with Crippen molar-refractivity contribution in [3.05, 3.63) is 46.2 Å². The van der Waals surface area contributed by atoms with Gasteiger partial charge in [-0.3, -0.25) is 9.59 Å². The number of unbranched alkanes of at least 4 members (excludes halogenated alkanes) is 1. The normalized spacial score (nSPS) is 10.9. The van der Waals surface area contributed by atoms with Crippen molar-refractivity contribution < 1.29 is 9.59 Å². The topological polar surface area (TPSA) is 71.1 Å². The van der Waals surface area contributed by atoms with Crippen molar-refractivity contribution in [3.63, 3.8) is 0 Å². The van der Waals surface area contributed by atoms with Crippen LogP contribution in [0.4, 0.5) is 5.13 Å². The van der Waals surface area contributed by atoms with Gasteiger partial charge in [0, 0.05) is 23.9 Å². The predicted molar refractivity (Wildman–Crippen MR) is 113 cm³/mol. The predicted octanol–water partition coefficient (Wildman–Crippen LogP) is 4.85. The van der Waals surface area contributed by atoms with E-state index in [1.54, 1.807) is 6.07 Å². The summed E-state index contributed by atoms with van der Waals surface area (Å²) in [4.78, 5) is 28.4. The number of hydrogen-bond acceptors (Lipinski definition) is 5. The SMILES string of the molecule is CCCCc1ccc2nc(NC(=O)CCCNC(=O)c3ccsc3)sc2c1. The molecule has 0 bridgehead atoms. The van der Waals surface area contributed by atoms with Crippen LogP contribution in [0.25, 0.3) is 10.2 Å². The van der Waals surface area contributed by atoms with Crippen LogP contribution in [0.3, 0.4) is 0 Å². The molecule has 3 rings (SSSR count). The van der Waals surface area contributed by atoms with Gasteiger partial charge in [-0.15, -0.1) is 0 Å². The first kappa shape index (κ1) is 19.5. The van der Waals surface area contributed by atoms with Crippen molar-refractivity contribution >= 4 is 49.8 Å². The Morgan fingerprint density at radius 3 is 2.85 bits per heavy atom. The van der Waals surface area contributed by atoms with Crippen molar-refractivity contribution in [1.82, 2.24) is 10.3 Å². The lowest BCUT2D eigenvalue weighted by Gasteiger charge is -2.04. The average Bonchev–Trinajstić information content (AvgIpc) is 3.32. The van der Waals surface area contributed by atoms with E-state index in [9.17, 15) is 9.59 Å². The van der Waals surface area contributed by atoms with Crippen LogP contribution in [0.5, 0.6) is 0 Å². The molecule has 0 aliphatic carbocycles. The zero-order valence-corrected chi connectivity index (χ0v) is 16.9. The number of amides is 2. The molecule has 0 atom stereocenters. The lowest BCUT2D eigenvalue weighted by atomic mass is 10.1. The standard InChI is InChI=1S/C20H23N3O2S2/c1-2-3-5-14-7-8-16-17(12-14)27-20(22-16)23-18(24)6-4-10-21-19(25)15-9-11-26-13-15/h7-9,11-13H,2-6,10H2,1H3,(H,21,25)(H,22,23,24). The summed E-state index contributed by atoms with van der Waals surface area (Å²) < 4.78 is 1.10. The fourth-order valence-electron chi connectivity index (χ4n) is 2.69. The van der Waals surface area contributed by atoms with Crippen LogP contribution in [-0.4, -0.2) is 23.3 Å². The van der Waals surface area contributed by atoms with Crippen molar-refractivity contribution in [2.75, 3.05) is 11.9 Å². The fourth-order valence-corrected chi connectivity index (χ4v) is 4.27. The lowest BCUT2D eigenvalue weighted by Crippen LogP contribution is -2.25. The van der Waals surface area contributed by atoms with E-state index in [1.807, 2.05) is 16.8 Å². The molecule has 0 aliphatic rings. The van der Waals surface area contributed by atoms with Gasteiger partial charge in [-0.2, -0.15) is 11.3 Å². The largest absolute Gasteiger partial charge is 0.352 e. The minimum Gasteiger partial charge on any atom is -0.352 e. The molecule has 0 radical (unpaired) electrons. The maximum Gasteiger partial charge on any atom is 0.252 e. The lowest BCUT2D eigenvalue weighted by molar-refractivity contribution is -0.116. The molecule has 2 amide bonds. The van der Waals surface area contributed by atoms with Gasteiger partial charge in [-0.05, 0) is 48.4 Å². The minimum absolute atomic E-state index is 0.0787. The molecule has 7 heteroatoms. The van der Waals surface area contributed by atoms with E-state index in [1.165, 1.54) is 41.1 Å². The average molecular weight is 402 g/mol. The van der Waals surface area contributed by atoms with Crippen LogP contribution in [0.1, 0.15) is 48.5 Å². The zero-order valence-electron chi connectivity index (χ0n) is 15.3. The quantitative estimate of drug-likeness (QED) is 0.504. The summed E-state index contributed by atoms with van der Waals surface area (Å²) in [6.07, 6.45) is 4.37. The summed E-state index contributed by atoms with van der Waals surface area (Å²) in [5, 5.41) is 10.00. The van der Waals surface area contributed by atoms with Crippen molar-refractivity contribution in [2.24, 2.45) is 0 Å². The van der Waals surface area contributed by atoms with Crippen LogP contribution < -0.4 is 10.6 Å². The Balaban J connectivity index is 1.45. The highest BCUT2D eigenvalue weighted by atomic mass is 32.1. The number of hydrogen-bond donors (Lipinski definition) is 2. The molecular weight excluding hydrogens is 378 g/mol. The Morgan fingerprint density at radius 1 is 1.19 bits per heavy atom. The smallest absolute Gasteiger partial charge is 0.252 e. The Hall–Kier alpha value is -2.25. The van der Waals surface area contributed by atoms with E-state index in [0.29, 0.717) is 30.1 Å². The highest BCUT2D eigenvalue weighted by Gasteiger charge is 2.09. The van der Waals surface area contributed by atoms with E-state index < -0.39 is 0 Å². The third-order valence-electron chi connectivity index (χ3n) is 4.17. The number of thiazole rings is 1. The molecule has 5 nitrogen and oxygen atoms in total. The van der Waals surface area contributed by atoms with Gasteiger partial charge >= 0.3 is 0 Å². The van der Waals surface area contributed by atoms with Gasteiger partial charge in [0.15, 0.2) is 5.13 Å². The first-order valence-corrected chi connectivity index (χ1v) is 10.9. The Kier molecular flexibility index (Phi) is 6.95. The third-order valence-corrected chi connectivity index (χ3v) is 5.78. The maximum absolute atomic E-state index is 12.1. The summed E-state index contributed by atoms with van der Waals surface area (Å²) in [5.41, 5.74) is 2.89. The van der Waals surface area contributed by atoms with E-state index in [-0.39, 0.29) is 11.8 Å². The van der Waals surface area contributed by atoms with Gasteiger partial charge in [0.25, 0.3) is 5.91 Å². The third kappa shape index (κ3) is 5.61. The van der Waals surface area contributed by atoms with Crippen LogP contribution in [0.2, 0.25) is 0 Å². The van der Waals surface area contributed by atoms with Gasteiger partial charge in [0.05, 0.1) is 10.2 Å². The van der Waals surface area contributed by atoms with Crippen LogP contribution in [0, 0.1) is 0 Å². The number of benzene rings is 1. The second kappa shape index (κ2) is 9.62. The highest BCUT2D eigenvalue weighted by Crippen LogP contribution is 2.27. The van der Waals surface area contributed by atoms with Gasteiger partial charge in [0.2, 0.25) is 5.91 Å². The fraction of sp³-hybridized carbons (Fsp3) is 0.350. The van der Waals surface area contributed by atoms with Gasteiger partial charge < -0.3 is 10.6 Å². The number of aromatic nitrogens is 1. The minimum atomic E-state index is -0.0956. The molecule has 2 aromatic heterocycles. The molecule has 0 saturated carbocycles. The number of carbonyl (C=O) groups excluding carboxylic acids is 2. The van der Waals surface area contributed by atoms with E-state index >= 15 is 0 Å². The number of carbonyl (C=O) groups is 2. The van der Waals surface area contributed by atoms with E-state index in [2.05, 4.69) is 34.7 Å². The van der Waals surface area contributed by atoms with Crippen LogP contribution in [0.15, 0.2) is 35.0 Å². The molecule has 3 aromatic rings. The molecular formula is C20H23N3O2S2. The molecule has 0 aliphatic heterocycles. The molecule has 142 valence electrons. The molecule has 0 saturated heterocycles. The number of fused-ring (bicyclic) bond motifs is 1. The number of nitrogens with zero attached hydrogens (tertiary/aromatic N) is 1. The molecule has 1 aromatic carbocycles. The molecule has 0 spiro atoms. The molecule has 2 heterocycles. The number of aryl methyl sites for hydroxylation is 1. The monoisotopic (exact) mass is 401 g/mol. The van der Waals surface area contributed by atoms with Gasteiger partial charge in [-0.25, -0.2) is 4.98 Å². The second-order valence-corrected chi connectivity index (χ2v) is 8.15. The van der Waals surface area contributed by atoms with Crippen molar-refractivity contribution in [1.29, 1.82) is 0 Å². The Labute approximate surface area is 166 Å². The van der Waals surface area contributed by atoms with Crippen LogP contribution in [-0.2, 0) is 11.2 Å². The number of anilines is 1. The first-order valence-electron chi connectivity index (χ1n) is 9.15. The highest BCUT2D eigenvalue weighted by molar-refractivity contribution is 7.22.